The van der Waals surface area contributed by atoms with Crippen molar-refractivity contribution in [2.75, 3.05) is 26.2 Å². The fourth-order valence-corrected chi connectivity index (χ4v) is 4.33. The molecule has 1 aromatic rings. The summed E-state index contributed by atoms with van der Waals surface area (Å²) in [5.41, 5.74) is -0.154. The number of aromatic nitrogens is 2. The molecule has 1 saturated heterocycles. The summed E-state index contributed by atoms with van der Waals surface area (Å²) >= 11 is 0. The molecule has 3 atom stereocenters. The molecule has 1 unspecified atom stereocenters. The fraction of sp³-hybridized carbons (Fsp3) is 0.760. The van der Waals surface area contributed by atoms with E-state index in [1.54, 1.807) is 26.2 Å². The molecule has 1 fully saturated rings. The van der Waals surface area contributed by atoms with Gasteiger partial charge in [0.1, 0.15) is 24.1 Å². The number of ketones is 1. The van der Waals surface area contributed by atoms with Crippen molar-refractivity contribution in [2.45, 2.75) is 84.9 Å². The van der Waals surface area contributed by atoms with E-state index in [1.165, 1.54) is 6.33 Å². The molecule has 1 aromatic heterocycles. The molecular formula is C25H42N4O4. The number of aliphatic hydroxyl groups is 1. The minimum absolute atomic E-state index is 0.0713. The summed E-state index contributed by atoms with van der Waals surface area (Å²) in [4.78, 5) is 35.9. The molecule has 0 bridgehead atoms. The van der Waals surface area contributed by atoms with Gasteiger partial charge >= 0.3 is 5.97 Å². The van der Waals surface area contributed by atoms with Gasteiger partial charge in [-0.05, 0) is 65.0 Å². The first-order chi connectivity index (χ1) is 15.7. The highest BCUT2D eigenvalue weighted by molar-refractivity contribution is 6.02. The van der Waals surface area contributed by atoms with Gasteiger partial charge in [0.25, 0.3) is 0 Å². The van der Waals surface area contributed by atoms with Crippen LogP contribution in [0.3, 0.4) is 0 Å². The zero-order valence-electron chi connectivity index (χ0n) is 20.8. The van der Waals surface area contributed by atoms with E-state index >= 15 is 0 Å². The van der Waals surface area contributed by atoms with E-state index in [2.05, 4.69) is 34.0 Å². The van der Waals surface area contributed by atoms with Gasteiger partial charge in [0.2, 0.25) is 0 Å². The number of nitrogens with zero attached hydrogens (tertiary/aromatic N) is 3. The first-order valence-corrected chi connectivity index (χ1v) is 12.3. The minimum Gasteiger partial charge on any atom is -0.463 e. The number of carbonyl (C=O) groups is 2. The van der Waals surface area contributed by atoms with Gasteiger partial charge in [0, 0.05) is 43.5 Å². The second kappa shape index (κ2) is 13.7. The summed E-state index contributed by atoms with van der Waals surface area (Å²) in [6.45, 7) is 11.1. The van der Waals surface area contributed by atoms with E-state index < -0.39 is 17.5 Å². The number of hydrogen-bond acceptors (Lipinski definition) is 8. The van der Waals surface area contributed by atoms with Crippen molar-refractivity contribution >= 4 is 11.8 Å². The Balaban J connectivity index is 2.04. The summed E-state index contributed by atoms with van der Waals surface area (Å²) in [6, 6.07) is 0.0713. The molecule has 8 nitrogen and oxygen atoms in total. The first-order valence-electron chi connectivity index (χ1n) is 12.3. The van der Waals surface area contributed by atoms with Crippen molar-refractivity contribution in [3.8, 4) is 0 Å². The Hall–Kier alpha value is -1.90. The maximum absolute atomic E-state index is 12.8. The predicted octanol–water partition coefficient (Wildman–Crippen LogP) is 2.75. The fourth-order valence-electron chi connectivity index (χ4n) is 4.33. The van der Waals surface area contributed by atoms with Crippen LogP contribution in [0, 0.1) is 11.3 Å². The Morgan fingerprint density at radius 3 is 2.70 bits per heavy atom. The molecule has 0 amide bonds. The third-order valence-electron chi connectivity index (χ3n) is 6.40. The Bertz CT molecular complexity index is 728. The van der Waals surface area contributed by atoms with E-state index in [9.17, 15) is 14.7 Å². The van der Waals surface area contributed by atoms with Gasteiger partial charge in [-0.15, -0.1) is 0 Å². The molecule has 2 N–H and O–H groups in total. The Morgan fingerprint density at radius 1 is 1.27 bits per heavy atom. The average molecular weight is 463 g/mol. The van der Waals surface area contributed by atoms with E-state index in [0.717, 1.165) is 44.5 Å². The third kappa shape index (κ3) is 9.10. The highest BCUT2D eigenvalue weighted by Crippen LogP contribution is 2.25. The largest absolute Gasteiger partial charge is 0.463 e. The topological polar surface area (TPSA) is 105 Å². The Kier molecular flexibility index (Phi) is 11.4. The van der Waals surface area contributed by atoms with Gasteiger partial charge in [-0.2, -0.15) is 0 Å². The van der Waals surface area contributed by atoms with Gasteiger partial charge < -0.3 is 15.2 Å². The Labute approximate surface area is 198 Å². The van der Waals surface area contributed by atoms with Crippen molar-refractivity contribution in [3.63, 3.8) is 0 Å². The number of cyclic esters (lactones) is 1. The van der Waals surface area contributed by atoms with Gasteiger partial charge in [-0.1, -0.05) is 13.8 Å². The number of hydrogen-bond donors (Lipinski definition) is 2. The summed E-state index contributed by atoms with van der Waals surface area (Å²) < 4.78 is 5.72. The maximum atomic E-state index is 12.8. The lowest BCUT2D eigenvalue weighted by atomic mass is 9.85. The number of aliphatic hydroxyl groups excluding tert-OH is 1. The second-order valence-electron chi connectivity index (χ2n) is 9.89. The SMILES string of the molecule is CCCN1CC(C)C[C@@H](O)CCC(=O)C(C)(C)C(=O)OC[C@H]1CCCNCc1cncnc1. The standard InChI is InChI=1S/C25H42N4O4/c1-5-11-29-16-19(2)12-22(30)8-9-23(31)25(3,4)24(32)33-17-21(29)7-6-10-26-13-20-14-27-18-28-15-20/h14-15,18-19,21-22,26,30H,5-13,16-17H2,1-4H3/t19?,21-,22+/m1/s1. The van der Waals surface area contributed by atoms with Crippen LogP contribution in [0.1, 0.15) is 71.8 Å². The zero-order valence-corrected chi connectivity index (χ0v) is 20.8. The molecular weight excluding hydrogens is 420 g/mol. The molecule has 2 rings (SSSR count). The lowest BCUT2D eigenvalue weighted by molar-refractivity contribution is -0.160. The zero-order chi connectivity index (χ0) is 24.3. The summed E-state index contributed by atoms with van der Waals surface area (Å²) in [6.07, 6.45) is 8.60. The number of Topliss-reactive ketones (excluding diaryl/α,β-unsaturated/α-hetero) is 1. The molecule has 2 heterocycles. The first kappa shape index (κ1) is 27.3. The van der Waals surface area contributed by atoms with Crippen molar-refractivity contribution in [1.82, 2.24) is 20.2 Å². The smallest absolute Gasteiger partial charge is 0.319 e. The molecule has 33 heavy (non-hydrogen) atoms. The van der Waals surface area contributed by atoms with Gasteiger partial charge in [-0.25, -0.2) is 9.97 Å². The van der Waals surface area contributed by atoms with Crippen LogP contribution in [-0.4, -0.2) is 70.1 Å². The van der Waals surface area contributed by atoms with Crippen molar-refractivity contribution < 1.29 is 19.4 Å². The molecule has 0 saturated carbocycles. The van der Waals surface area contributed by atoms with Crippen LogP contribution in [0.15, 0.2) is 18.7 Å². The number of nitrogens with one attached hydrogen (secondary N) is 1. The lowest BCUT2D eigenvalue weighted by Gasteiger charge is -2.34. The van der Waals surface area contributed by atoms with E-state index in [1.807, 2.05) is 0 Å². The Morgan fingerprint density at radius 2 is 2.00 bits per heavy atom. The van der Waals surface area contributed by atoms with Crippen molar-refractivity contribution in [1.29, 1.82) is 0 Å². The monoisotopic (exact) mass is 462 g/mol. The predicted molar refractivity (Wildman–Crippen MR) is 127 cm³/mol. The lowest BCUT2D eigenvalue weighted by Crippen LogP contribution is -2.44. The van der Waals surface area contributed by atoms with Gasteiger partial charge in [-0.3, -0.25) is 14.5 Å². The van der Waals surface area contributed by atoms with E-state index in [-0.39, 0.29) is 30.8 Å². The van der Waals surface area contributed by atoms with Crippen LogP contribution in [0.2, 0.25) is 0 Å². The molecule has 1 aliphatic heterocycles. The third-order valence-corrected chi connectivity index (χ3v) is 6.40. The average Bonchev–Trinajstić information content (AvgIpc) is 2.79. The normalized spacial score (nSPS) is 25.5. The summed E-state index contributed by atoms with van der Waals surface area (Å²) in [7, 11) is 0. The number of carbonyl (C=O) groups excluding carboxylic acids is 2. The van der Waals surface area contributed by atoms with Crippen LogP contribution in [0.5, 0.6) is 0 Å². The van der Waals surface area contributed by atoms with E-state index in [0.29, 0.717) is 19.4 Å². The van der Waals surface area contributed by atoms with Crippen LogP contribution in [0.25, 0.3) is 0 Å². The quantitative estimate of drug-likeness (QED) is 0.345. The number of ether oxygens (including phenoxy) is 1. The number of rotatable bonds is 8. The molecule has 0 spiro atoms. The van der Waals surface area contributed by atoms with Crippen LogP contribution in [0.4, 0.5) is 0 Å². The maximum Gasteiger partial charge on any atom is 0.319 e. The molecule has 1 aliphatic rings. The second-order valence-corrected chi connectivity index (χ2v) is 9.89. The molecule has 8 heteroatoms. The molecule has 0 aromatic carbocycles. The van der Waals surface area contributed by atoms with Crippen molar-refractivity contribution in [3.05, 3.63) is 24.3 Å². The van der Waals surface area contributed by atoms with E-state index in [4.69, 9.17) is 4.74 Å². The van der Waals surface area contributed by atoms with Gasteiger partial charge in [0.15, 0.2) is 0 Å². The molecule has 0 aliphatic carbocycles. The minimum atomic E-state index is -1.20. The summed E-state index contributed by atoms with van der Waals surface area (Å²) in [5, 5.41) is 13.9. The highest BCUT2D eigenvalue weighted by Gasteiger charge is 2.38. The van der Waals surface area contributed by atoms with Crippen LogP contribution in [-0.2, 0) is 20.9 Å². The molecule has 0 radical (unpaired) electrons. The van der Waals surface area contributed by atoms with Gasteiger partial charge in [0.05, 0.1) is 6.10 Å². The highest BCUT2D eigenvalue weighted by atomic mass is 16.5. The van der Waals surface area contributed by atoms with Crippen LogP contribution >= 0.6 is 0 Å². The number of esters is 1. The summed E-state index contributed by atoms with van der Waals surface area (Å²) in [5.74, 6) is -0.364. The van der Waals surface area contributed by atoms with Crippen molar-refractivity contribution in [2.24, 2.45) is 11.3 Å². The molecule has 186 valence electrons. The van der Waals surface area contributed by atoms with Crippen LogP contribution < -0.4 is 5.32 Å².